The van der Waals surface area contributed by atoms with Crippen molar-refractivity contribution in [3.8, 4) is 11.5 Å². The van der Waals surface area contributed by atoms with Gasteiger partial charge in [0.15, 0.2) is 5.75 Å². The molecule has 0 spiro atoms. The molecule has 7 heteroatoms. The molecule has 2 aromatic rings. The van der Waals surface area contributed by atoms with Crippen LogP contribution in [0.25, 0.3) is 0 Å². The van der Waals surface area contributed by atoms with Gasteiger partial charge in [0.05, 0.1) is 18.7 Å². The smallest absolute Gasteiger partial charge is 0.493 e. The number of nitrogens with one attached hydrogen (secondary N) is 1. The summed E-state index contributed by atoms with van der Waals surface area (Å²) in [6.45, 7) is 0.109. The van der Waals surface area contributed by atoms with Gasteiger partial charge in [-0.1, -0.05) is 30.3 Å². The molecule has 0 radical (unpaired) electrons. The Hall–Kier alpha value is -2.70. The quantitative estimate of drug-likeness (QED) is 0.873. The second kappa shape index (κ2) is 7.53. The van der Waals surface area contributed by atoms with Crippen molar-refractivity contribution in [2.75, 3.05) is 11.9 Å². The predicted octanol–water partition coefficient (Wildman–Crippen LogP) is 3.99. The number of ether oxygens (including phenoxy) is 2. The van der Waals surface area contributed by atoms with E-state index in [4.69, 9.17) is 4.74 Å². The normalized spacial score (nSPS) is 10.9. The molecule has 23 heavy (non-hydrogen) atoms. The summed E-state index contributed by atoms with van der Waals surface area (Å²) in [5, 5.41) is 2.38. The van der Waals surface area contributed by atoms with E-state index < -0.39 is 18.0 Å². The zero-order valence-electron chi connectivity index (χ0n) is 12.0. The van der Waals surface area contributed by atoms with E-state index in [-0.39, 0.29) is 18.7 Å². The van der Waals surface area contributed by atoms with Crippen LogP contribution in [0.5, 0.6) is 11.5 Å². The summed E-state index contributed by atoms with van der Waals surface area (Å²) in [4.78, 5) is 11.8. The Labute approximate surface area is 130 Å². The van der Waals surface area contributed by atoms with Crippen LogP contribution in [0.1, 0.15) is 6.42 Å². The van der Waals surface area contributed by atoms with Crippen molar-refractivity contribution in [2.24, 2.45) is 0 Å². The highest BCUT2D eigenvalue weighted by atomic mass is 19.4. The van der Waals surface area contributed by atoms with Crippen LogP contribution in [0.4, 0.5) is 18.9 Å². The van der Waals surface area contributed by atoms with Gasteiger partial charge in [-0.15, -0.1) is 13.2 Å². The van der Waals surface area contributed by atoms with Crippen molar-refractivity contribution in [1.29, 1.82) is 0 Å². The summed E-state index contributed by atoms with van der Waals surface area (Å²) in [5.41, 5.74) is -0.0467. The number of hydrogen-bond acceptors (Lipinski definition) is 3. The van der Waals surface area contributed by atoms with Crippen LogP contribution in [0.3, 0.4) is 0 Å². The number of carbonyl (C=O) groups excluding carboxylic acids is 1. The Balaban J connectivity index is 1.88. The largest absolute Gasteiger partial charge is 0.573 e. The van der Waals surface area contributed by atoms with Crippen molar-refractivity contribution in [3.63, 3.8) is 0 Å². The highest BCUT2D eigenvalue weighted by Gasteiger charge is 2.32. The molecule has 2 aromatic carbocycles. The summed E-state index contributed by atoms with van der Waals surface area (Å²) < 4.78 is 46.1. The average Bonchev–Trinajstić information content (AvgIpc) is 2.49. The number of carbonyl (C=O) groups is 1. The SMILES string of the molecule is O=C(CCOc1ccccc1)Nc1ccccc1OC(F)(F)F. The molecule has 1 N–H and O–H groups in total. The molecule has 0 fully saturated rings. The molecule has 0 atom stereocenters. The molecular weight excluding hydrogens is 311 g/mol. The van der Waals surface area contributed by atoms with Gasteiger partial charge in [0.1, 0.15) is 5.75 Å². The van der Waals surface area contributed by atoms with Crippen molar-refractivity contribution >= 4 is 11.6 Å². The van der Waals surface area contributed by atoms with Crippen LogP contribution >= 0.6 is 0 Å². The van der Waals surface area contributed by atoms with E-state index in [0.717, 1.165) is 6.07 Å². The fourth-order valence-corrected chi connectivity index (χ4v) is 1.77. The molecule has 0 heterocycles. The van der Waals surface area contributed by atoms with Gasteiger partial charge >= 0.3 is 6.36 Å². The van der Waals surface area contributed by atoms with E-state index in [0.29, 0.717) is 5.75 Å². The van der Waals surface area contributed by atoms with Gasteiger partial charge in [-0.05, 0) is 24.3 Å². The minimum absolute atomic E-state index is 0.00472. The monoisotopic (exact) mass is 325 g/mol. The summed E-state index contributed by atoms with van der Waals surface area (Å²) >= 11 is 0. The summed E-state index contributed by atoms with van der Waals surface area (Å²) in [5.74, 6) is -0.322. The summed E-state index contributed by atoms with van der Waals surface area (Å²) in [6.07, 6.45) is -4.83. The molecule has 0 aromatic heterocycles. The first-order valence-corrected chi connectivity index (χ1v) is 6.76. The molecule has 0 aliphatic carbocycles. The third kappa shape index (κ3) is 5.90. The number of hydrogen-bond donors (Lipinski definition) is 1. The van der Waals surface area contributed by atoms with Gasteiger partial charge in [0.25, 0.3) is 0 Å². The van der Waals surface area contributed by atoms with Gasteiger partial charge < -0.3 is 14.8 Å². The van der Waals surface area contributed by atoms with Crippen molar-refractivity contribution in [1.82, 2.24) is 0 Å². The van der Waals surface area contributed by atoms with E-state index in [1.54, 1.807) is 24.3 Å². The third-order valence-corrected chi connectivity index (χ3v) is 2.73. The molecule has 0 saturated carbocycles. The first-order valence-electron chi connectivity index (χ1n) is 6.76. The van der Waals surface area contributed by atoms with Gasteiger partial charge in [-0.25, -0.2) is 0 Å². The van der Waals surface area contributed by atoms with Crippen LogP contribution < -0.4 is 14.8 Å². The zero-order chi connectivity index (χ0) is 16.7. The van der Waals surface area contributed by atoms with Gasteiger partial charge in [-0.2, -0.15) is 0 Å². The fraction of sp³-hybridized carbons (Fsp3) is 0.188. The molecule has 0 unspecified atom stereocenters. The summed E-state index contributed by atoms with van der Waals surface area (Å²) in [7, 11) is 0. The molecule has 2 rings (SSSR count). The van der Waals surface area contributed by atoms with E-state index >= 15 is 0 Å². The van der Waals surface area contributed by atoms with Crippen LogP contribution in [0, 0.1) is 0 Å². The minimum atomic E-state index is -4.82. The lowest BCUT2D eigenvalue weighted by Crippen LogP contribution is -2.20. The molecule has 1 amide bonds. The van der Waals surface area contributed by atoms with Crippen LogP contribution in [0.15, 0.2) is 54.6 Å². The standard InChI is InChI=1S/C16H14F3NO3/c17-16(18,19)23-14-9-5-4-8-13(14)20-15(21)10-11-22-12-6-2-1-3-7-12/h1-9H,10-11H2,(H,20,21). The molecular formula is C16H14F3NO3. The zero-order valence-corrected chi connectivity index (χ0v) is 12.0. The maximum absolute atomic E-state index is 12.3. The van der Waals surface area contributed by atoms with Crippen molar-refractivity contribution in [3.05, 3.63) is 54.6 Å². The Morgan fingerprint density at radius 2 is 1.65 bits per heavy atom. The number of benzene rings is 2. The maximum Gasteiger partial charge on any atom is 0.573 e. The van der Waals surface area contributed by atoms with Crippen LogP contribution in [-0.4, -0.2) is 18.9 Å². The van der Waals surface area contributed by atoms with Gasteiger partial charge in [0, 0.05) is 0 Å². The van der Waals surface area contributed by atoms with E-state index in [2.05, 4.69) is 10.1 Å². The molecule has 0 aliphatic rings. The van der Waals surface area contributed by atoms with Gasteiger partial charge in [0.2, 0.25) is 5.91 Å². The Bertz CT molecular complexity index is 645. The molecule has 0 saturated heterocycles. The highest BCUT2D eigenvalue weighted by Crippen LogP contribution is 2.29. The molecule has 122 valence electrons. The first-order chi connectivity index (χ1) is 10.9. The van der Waals surface area contributed by atoms with E-state index in [1.165, 1.54) is 18.2 Å². The minimum Gasteiger partial charge on any atom is -0.493 e. The molecule has 0 aliphatic heterocycles. The number of halogens is 3. The lowest BCUT2D eigenvalue weighted by Gasteiger charge is -2.14. The Morgan fingerprint density at radius 3 is 2.35 bits per heavy atom. The van der Waals surface area contributed by atoms with Gasteiger partial charge in [-0.3, -0.25) is 4.79 Å². The van der Waals surface area contributed by atoms with Crippen molar-refractivity contribution < 1.29 is 27.4 Å². The first kappa shape index (κ1) is 16.7. The van der Waals surface area contributed by atoms with Crippen LogP contribution in [0.2, 0.25) is 0 Å². The third-order valence-electron chi connectivity index (χ3n) is 2.73. The topological polar surface area (TPSA) is 47.6 Å². The number of anilines is 1. The van der Waals surface area contributed by atoms with Crippen LogP contribution in [-0.2, 0) is 4.79 Å². The number of amides is 1. The number of alkyl halides is 3. The van der Waals surface area contributed by atoms with E-state index in [1.807, 2.05) is 6.07 Å². The molecule has 0 bridgehead atoms. The second-order valence-electron chi connectivity index (χ2n) is 4.50. The predicted molar refractivity (Wildman–Crippen MR) is 78.3 cm³/mol. The Kier molecular flexibility index (Phi) is 5.46. The van der Waals surface area contributed by atoms with E-state index in [9.17, 15) is 18.0 Å². The lowest BCUT2D eigenvalue weighted by atomic mass is 10.3. The summed E-state index contributed by atoms with van der Waals surface area (Å²) in [6, 6.07) is 14.2. The molecule has 4 nitrogen and oxygen atoms in total. The number of rotatable bonds is 6. The highest BCUT2D eigenvalue weighted by molar-refractivity contribution is 5.92. The average molecular weight is 325 g/mol. The number of para-hydroxylation sites is 3. The second-order valence-corrected chi connectivity index (χ2v) is 4.50. The Morgan fingerprint density at radius 1 is 1.00 bits per heavy atom. The fourth-order valence-electron chi connectivity index (χ4n) is 1.77. The lowest BCUT2D eigenvalue weighted by molar-refractivity contribution is -0.274. The maximum atomic E-state index is 12.3. The van der Waals surface area contributed by atoms with Crippen molar-refractivity contribution in [2.45, 2.75) is 12.8 Å².